The summed E-state index contributed by atoms with van der Waals surface area (Å²) in [7, 11) is 0. The number of amides is 2. The predicted octanol–water partition coefficient (Wildman–Crippen LogP) is 2.48. The second-order valence-electron chi connectivity index (χ2n) is 5.44. The molecule has 4 rings (SSSR count). The van der Waals surface area contributed by atoms with Crippen LogP contribution in [0.1, 0.15) is 5.56 Å². The third-order valence-corrected chi connectivity index (χ3v) is 5.53. The van der Waals surface area contributed by atoms with Crippen molar-refractivity contribution >= 4 is 40.6 Å². The molecule has 2 aromatic carbocycles. The van der Waals surface area contributed by atoms with Crippen LogP contribution in [-0.2, 0) is 14.5 Å². The molecule has 0 aromatic heterocycles. The van der Waals surface area contributed by atoms with E-state index < -0.39 is 9.79 Å². The van der Waals surface area contributed by atoms with Crippen molar-refractivity contribution in [2.24, 2.45) is 0 Å². The summed E-state index contributed by atoms with van der Waals surface area (Å²) >= 11 is 1.26. The van der Waals surface area contributed by atoms with E-state index in [0.29, 0.717) is 11.4 Å². The fourth-order valence-corrected chi connectivity index (χ4v) is 4.42. The first kappa shape index (κ1) is 14.7. The quantitative estimate of drug-likeness (QED) is 0.669. The van der Waals surface area contributed by atoms with Gasteiger partial charge in [0.25, 0.3) is 11.6 Å². The molecule has 1 atom stereocenters. The minimum Gasteiger partial charge on any atom is -0.323 e. The van der Waals surface area contributed by atoms with Crippen LogP contribution in [0, 0.1) is 10.1 Å². The van der Waals surface area contributed by atoms with Crippen molar-refractivity contribution in [1.82, 2.24) is 0 Å². The number of nitrogens with zero attached hydrogens (tertiary/aromatic N) is 2. The number of benzene rings is 2. The van der Waals surface area contributed by atoms with Gasteiger partial charge in [-0.05, 0) is 18.2 Å². The van der Waals surface area contributed by atoms with Crippen LogP contribution in [0.25, 0.3) is 0 Å². The van der Waals surface area contributed by atoms with Gasteiger partial charge in [0.2, 0.25) is 10.8 Å². The molecule has 24 heavy (non-hydrogen) atoms. The van der Waals surface area contributed by atoms with Crippen molar-refractivity contribution < 1.29 is 14.5 Å². The number of nitro groups is 1. The number of hydrogen-bond acceptors (Lipinski definition) is 5. The van der Waals surface area contributed by atoms with Gasteiger partial charge in [0.05, 0.1) is 10.7 Å². The second kappa shape index (κ2) is 5.07. The molecule has 120 valence electrons. The van der Waals surface area contributed by atoms with Crippen molar-refractivity contribution in [2.45, 2.75) is 4.87 Å². The Hall–Kier alpha value is -2.87. The van der Waals surface area contributed by atoms with Gasteiger partial charge in [-0.3, -0.25) is 24.6 Å². The number of nitro benzene ring substituents is 1. The third kappa shape index (κ3) is 1.86. The van der Waals surface area contributed by atoms with Gasteiger partial charge in [-0.25, -0.2) is 0 Å². The monoisotopic (exact) mass is 341 g/mol. The zero-order chi connectivity index (χ0) is 16.9. The molecule has 8 heteroatoms. The largest absolute Gasteiger partial charge is 0.323 e. The zero-order valence-electron chi connectivity index (χ0n) is 12.3. The van der Waals surface area contributed by atoms with Gasteiger partial charge in [0, 0.05) is 29.1 Å². The summed E-state index contributed by atoms with van der Waals surface area (Å²) in [5.74, 6) is -0.322. The lowest BCUT2D eigenvalue weighted by Crippen LogP contribution is -2.47. The molecule has 2 aliphatic heterocycles. The normalized spacial score (nSPS) is 21.9. The van der Waals surface area contributed by atoms with Crippen LogP contribution in [0.3, 0.4) is 0 Å². The fourth-order valence-electron chi connectivity index (χ4n) is 3.10. The van der Waals surface area contributed by atoms with Crippen LogP contribution in [0.15, 0.2) is 48.5 Å². The molecule has 0 radical (unpaired) electrons. The van der Waals surface area contributed by atoms with E-state index in [0.717, 1.165) is 5.56 Å². The number of thioether (sulfide) groups is 1. The predicted molar refractivity (Wildman–Crippen MR) is 89.8 cm³/mol. The van der Waals surface area contributed by atoms with Crippen molar-refractivity contribution in [3.63, 3.8) is 0 Å². The van der Waals surface area contributed by atoms with Gasteiger partial charge in [-0.1, -0.05) is 18.2 Å². The van der Waals surface area contributed by atoms with Gasteiger partial charge >= 0.3 is 0 Å². The number of carbonyl (C=O) groups excluding carboxylic acids is 2. The molecular formula is C16H11N3O4S. The molecule has 1 saturated heterocycles. The molecule has 1 N–H and O–H groups in total. The molecule has 0 aliphatic carbocycles. The van der Waals surface area contributed by atoms with E-state index in [1.165, 1.54) is 40.9 Å². The summed E-state index contributed by atoms with van der Waals surface area (Å²) in [5, 5.41) is 13.6. The minimum atomic E-state index is -1.16. The van der Waals surface area contributed by atoms with Crippen LogP contribution >= 0.6 is 11.8 Å². The van der Waals surface area contributed by atoms with E-state index in [2.05, 4.69) is 5.32 Å². The topological polar surface area (TPSA) is 92.6 Å². The first-order chi connectivity index (χ1) is 11.5. The summed E-state index contributed by atoms with van der Waals surface area (Å²) < 4.78 is 0. The highest BCUT2D eigenvalue weighted by Gasteiger charge is 2.58. The number of hydrogen-bond donors (Lipinski definition) is 1. The molecular weight excluding hydrogens is 330 g/mol. The summed E-state index contributed by atoms with van der Waals surface area (Å²) in [5.41, 5.74) is 1.80. The van der Waals surface area contributed by atoms with Gasteiger partial charge in [0.1, 0.15) is 0 Å². The van der Waals surface area contributed by atoms with Crippen molar-refractivity contribution in [2.75, 3.05) is 16.0 Å². The molecule has 1 fully saturated rings. The van der Waals surface area contributed by atoms with Crippen molar-refractivity contribution in [3.8, 4) is 0 Å². The molecule has 1 unspecified atom stereocenters. The van der Waals surface area contributed by atoms with Crippen LogP contribution in [0.5, 0.6) is 0 Å². The first-order valence-corrected chi connectivity index (χ1v) is 8.15. The van der Waals surface area contributed by atoms with Gasteiger partial charge in [0.15, 0.2) is 0 Å². The number of fused-ring (bicyclic) bond motifs is 2. The SMILES string of the molecule is O=C1CSC2(C(=O)Nc3ccccc32)N1c1ccc([N+](=O)[O-])cc1. The van der Waals surface area contributed by atoms with Crippen molar-refractivity contribution in [3.05, 3.63) is 64.2 Å². The summed E-state index contributed by atoms with van der Waals surface area (Å²) in [6.45, 7) is 0. The summed E-state index contributed by atoms with van der Waals surface area (Å²) in [4.78, 5) is 35.8. The average Bonchev–Trinajstić information content (AvgIpc) is 3.07. The maximum Gasteiger partial charge on any atom is 0.269 e. The molecule has 7 nitrogen and oxygen atoms in total. The highest BCUT2D eigenvalue weighted by Crippen LogP contribution is 2.53. The lowest BCUT2D eigenvalue weighted by atomic mass is 10.0. The molecule has 0 saturated carbocycles. The van der Waals surface area contributed by atoms with E-state index >= 15 is 0 Å². The Morgan fingerprint density at radius 3 is 2.54 bits per heavy atom. The Labute approximate surface area is 140 Å². The molecule has 2 aromatic rings. The van der Waals surface area contributed by atoms with E-state index in [4.69, 9.17) is 0 Å². The highest BCUT2D eigenvalue weighted by molar-refractivity contribution is 8.02. The summed E-state index contributed by atoms with van der Waals surface area (Å²) in [6.07, 6.45) is 0. The molecule has 2 heterocycles. The number of non-ortho nitro benzene ring substituents is 1. The molecule has 0 bridgehead atoms. The highest BCUT2D eigenvalue weighted by atomic mass is 32.2. The van der Waals surface area contributed by atoms with E-state index in [1.807, 2.05) is 18.2 Å². The van der Waals surface area contributed by atoms with Gasteiger partial charge < -0.3 is 5.32 Å². The standard InChI is InChI=1S/C16H11N3O4S/c20-14-9-24-16(12-3-1-2-4-13(12)17-15(16)21)18(14)10-5-7-11(8-6-10)19(22)23/h1-8H,9H2,(H,17,21). The summed E-state index contributed by atoms with van der Waals surface area (Å²) in [6, 6.07) is 12.9. The molecule has 1 spiro atoms. The average molecular weight is 341 g/mol. The zero-order valence-corrected chi connectivity index (χ0v) is 13.1. The Balaban J connectivity index is 1.86. The van der Waals surface area contributed by atoms with Gasteiger partial charge in [-0.2, -0.15) is 0 Å². The molecule has 2 aliphatic rings. The maximum absolute atomic E-state index is 12.7. The Morgan fingerprint density at radius 2 is 1.83 bits per heavy atom. The number of nitrogens with one attached hydrogen (secondary N) is 1. The number of carbonyl (C=O) groups is 2. The lowest BCUT2D eigenvalue weighted by Gasteiger charge is -2.32. The third-order valence-electron chi connectivity index (χ3n) is 4.14. The number of para-hydroxylation sites is 1. The Kier molecular flexibility index (Phi) is 3.10. The van der Waals surface area contributed by atoms with E-state index in [9.17, 15) is 19.7 Å². The fraction of sp³-hybridized carbons (Fsp3) is 0.125. The first-order valence-electron chi connectivity index (χ1n) is 7.16. The smallest absolute Gasteiger partial charge is 0.269 e. The molecule has 2 amide bonds. The van der Waals surface area contributed by atoms with Crippen LogP contribution in [0.2, 0.25) is 0 Å². The number of rotatable bonds is 2. The van der Waals surface area contributed by atoms with Crippen LogP contribution < -0.4 is 10.2 Å². The van der Waals surface area contributed by atoms with Crippen LogP contribution in [0.4, 0.5) is 17.1 Å². The van der Waals surface area contributed by atoms with Crippen molar-refractivity contribution in [1.29, 1.82) is 0 Å². The van der Waals surface area contributed by atoms with E-state index in [-0.39, 0.29) is 23.3 Å². The van der Waals surface area contributed by atoms with Gasteiger partial charge in [-0.15, -0.1) is 11.8 Å². The number of anilines is 2. The van der Waals surface area contributed by atoms with Crippen LogP contribution in [-0.4, -0.2) is 22.5 Å². The maximum atomic E-state index is 12.7. The Morgan fingerprint density at radius 1 is 1.12 bits per heavy atom. The van der Waals surface area contributed by atoms with E-state index in [1.54, 1.807) is 6.07 Å². The second-order valence-corrected chi connectivity index (χ2v) is 6.60. The minimum absolute atomic E-state index is 0.0663. The lowest BCUT2D eigenvalue weighted by molar-refractivity contribution is -0.384. The Bertz CT molecular complexity index is 883.